The van der Waals surface area contributed by atoms with E-state index in [2.05, 4.69) is 9.88 Å². The Kier molecular flexibility index (Phi) is 2.69. The second kappa shape index (κ2) is 3.97. The van der Waals surface area contributed by atoms with Gasteiger partial charge in [0, 0.05) is 24.3 Å². The number of halogens is 1. The lowest BCUT2D eigenvalue weighted by Gasteiger charge is -2.27. The van der Waals surface area contributed by atoms with Gasteiger partial charge in [-0.25, -0.2) is 4.98 Å². The van der Waals surface area contributed by atoms with Gasteiger partial charge in [0.05, 0.1) is 0 Å². The van der Waals surface area contributed by atoms with E-state index in [0.717, 1.165) is 23.9 Å². The molecule has 1 aliphatic heterocycles. The van der Waals surface area contributed by atoms with E-state index >= 15 is 0 Å². The molecule has 1 aromatic heterocycles. The normalized spacial score (nSPS) is 17.5. The molecule has 13 heavy (non-hydrogen) atoms. The molecule has 1 fully saturated rings. The molecular weight excluding hydrogens is 184 g/mol. The number of piperidine rings is 1. The van der Waals surface area contributed by atoms with Crippen molar-refractivity contribution in [1.82, 2.24) is 4.98 Å². The first-order chi connectivity index (χ1) is 6.36. The number of nitrogens with zero attached hydrogens (tertiary/aromatic N) is 2. The number of pyridine rings is 1. The Morgan fingerprint density at radius 3 is 2.69 bits per heavy atom. The first-order valence-corrected chi connectivity index (χ1v) is 5.10. The van der Waals surface area contributed by atoms with Crippen LogP contribution < -0.4 is 4.90 Å². The van der Waals surface area contributed by atoms with Crippen molar-refractivity contribution in [1.29, 1.82) is 0 Å². The summed E-state index contributed by atoms with van der Waals surface area (Å²) in [7, 11) is 0. The third-order valence-corrected chi connectivity index (χ3v) is 2.62. The van der Waals surface area contributed by atoms with E-state index in [0.29, 0.717) is 0 Å². The zero-order valence-electron chi connectivity index (χ0n) is 7.54. The average molecular weight is 197 g/mol. The molecule has 0 radical (unpaired) electrons. The summed E-state index contributed by atoms with van der Waals surface area (Å²) in [6.07, 6.45) is 5.66. The number of aromatic nitrogens is 1. The van der Waals surface area contributed by atoms with E-state index < -0.39 is 0 Å². The van der Waals surface area contributed by atoms with Crippen molar-refractivity contribution in [3.05, 3.63) is 23.4 Å². The van der Waals surface area contributed by atoms with Crippen LogP contribution in [0.15, 0.2) is 18.3 Å². The van der Waals surface area contributed by atoms with Crippen molar-refractivity contribution in [3.63, 3.8) is 0 Å². The van der Waals surface area contributed by atoms with E-state index in [4.69, 9.17) is 11.6 Å². The summed E-state index contributed by atoms with van der Waals surface area (Å²) in [6, 6.07) is 3.75. The van der Waals surface area contributed by atoms with Gasteiger partial charge in [-0.15, -0.1) is 0 Å². The van der Waals surface area contributed by atoms with Crippen LogP contribution >= 0.6 is 11.6 Å². The van der Waals surface area contributed by atoms with Gasteiger partial charge in [0.1, 0.15) is 5.82 Å². The van der Waals surface area contributed by atoms with Crippen LogP contribution in [0.3, 0.4) is 0 Å². The largest absolute Gasteiger partial charge is 0.357 e. The Labute approximate surface area is 83.5 Å². The smallest absolute Gasteiger partial charge is 0.129 e. The molecule has 0 N–H and O–H groups in total. The highest BCUT2D eigenvalue weighted by atomic mass is 35.5. The second-order valence-electron chi connectivity index (χ2n) is 3.38. The van der Waals surface area contributed by atoms with Gasteiger partial charge in [-0.3, -0.25) is 0 Å². The standard InChI is InChI=1S/C10H13ClN2/c11-9-4-5-12-10(8-9)13-6-2-1-3-7-13/h4-5,8H,1-3,6-7H2. The van der Waals surface area contributed by atoms with Gasteiger partial charge in [-0.05, 0) is 31.4 Å². The lowest BCUT2D eigenvalue weighted by molar-refractivity contribution is 0.573. The number of anilines is 1. The first-order valence-electron chi connectivity index (χ1n) is 4.73. The molecule has 70 valence electrons. The van der Waals surface area contributed by atoms with E-state index in [9.17, 15) is 0 Å². The summed E-state index contributed by atoms with van der Waals surface area (Å²) in [4.78, 5) is 6.61. The molecule has 2 nitrogen and oxygen atoms in total. The summed E-state index contributed by atoms with van der Waals surface area (Å²) >= 11 is 5.90. The lowest BCUT2D eigenvalue weighted by atomic mass is 10.1. The minimum absolute atomic E-state index is 0.774. The topological polar surface area (TPSA) is 16.1 Å². The molecule has 0 atom stereocenters. The van der Waals surface area contributed by atoms with E-state index in [1.807, 2.05) is 12.1 Å². The molecule has 3 heteroatoms. The second-order valence-corrected chi connectivity index (χ2v) is 3.82. The minimum Gasteiger partial charge on any atom is -0.357 e. The van der Waals surface area contributed by atoms with Gasteiger partial charge in [-0.1, -0.05) is 11.6 Å². The molecule has 0 aromatic carbocycles. The van der Waals surface area contributed by atoms with Crippen molar-refractivity contribution < 1.29 is 0 Å². The monoisotopic (exact) mass is 196 g/mol. The third kappa shape index (κ3) is 2.13. The van der Waals surface area contributed by atoms with Crippen molar-refractivity contribution in [3.8, 4) is 0 Å². The Morgan fingerprint density at radius 2 is 2.00 bits per heavy atom. The van der Waals surface area contributed by atoms with Crippen molar-refractivity contribution in [2.45, 2.75) is 19.3 Å². The van der Waals surface area contributed by atoms with Crippen molar-refractivity contribution in [2.75, 3.05) is 18.0 Å². The molecule has 0 bridgehead atoms. The maximum Gasteiger partial charge on any atom is 0.129 e. The molecule has 1 saturated heterocycles. The summed E-state index contributed by atoms with van der Waals surface area (Å²) in [5.41, 5.74) is 0. The average Bonchev–Trinajstić information content (AvgIpc) is 2.19. The third-order valence-electron chi connectivity index (χ3n) is 2.39. The predicted octanol–water partition coefficient (Wildman–Crippen LogP) is 2.73. The molecule has 0 spiro atoms. The van der Waals surface area contributed by atoms with Crippen LogP contribution in [0.25, 0.3) is 0 Å². The fourth-order valence-electron chi connectivity index (χ4n) is 1.69. The molecule has 0 amide bonds. The highest BCUT2D eigenvalue weighted by Gasteiger charge is 2.11. The van der Waals surface area contributed by atoms with Crippen LogP contribution in [-0.4, -0.2) is 18.1 Å². The van der Waals surface area contributed by atoms with Crippen LogP contribution in [0, 0.1) is 0 Å². The first kappa shape index (κ1) is 8.82. The molecule has 1 aliphatic rings. The maximum atomic E-state index is 5.90. The van der Waals surface area contributed by atoms with E-state index in [1.54, 1.807) is 6.20 Å². The van der Waals surface area contributed by atoms with Crippen molar-refractivity contribution >= 4 is 17.4 Å². The fourth-order valence-corrected chi connectivity index (χ4v) is 1.84. The Bertz CT molecular complexity index is 282. The van der Waals surface area contributed by atoms with E-state index in [1.165, 1.54) is 19.3 Å². The molecular formula is C10H13ClN2. The zero-order chi connectivity index (χ0) is 9.10. The molecule has 2 heterocycles. The van der Waals surface area contributed by atoms with Gasteiger partial charge in [0.25, 0.3) is 0 Å². The van der Waals surface area contributed by atoms with Crippen LogP contribution in [0.1, 0.15) is 19.3 Å². The number of hydrogen-bond donors (Lipinski definition) is 0. The van der Waals surface area contributed by atoms with Gasteiger partial charge in [0.2, 0.25) is 0 Å². The quantitative estimate of drug-likeness (QED) is 0.687. The zero-order valence-corrected chi connectivity index (χ0v) is 8.30. The summed E-state index contributed by atoms with van der Waals surface area (Å²) in [6.45, 7) is 2.24. The van der Waals surface area contributed by atoms with Gasteiger partial charge in [-0.2, -0.15) is 0 Å². The van der Waals surface area contributed by atoms with Gasteiger partial charge < -0.3 is 4.90 Å². The van der Waals surface area contributed by atoms with Crippen molar-refractivity contribution in [2.24, 2.45) is 0 Å². The minimum atomic E-state index is 0.774. The summed E-state index contributed by atoms with van der Waals surface area (Å²) < 4.78 is 0. The molecule has 0 saturated carbocycles. The SMILES string of the molecule is Clc1ccnc(N2CCCCC2)c1. The highest BCUT2D eigenvalue weighted by molar-refractivity contribution is 6.30. The van der Waals surface area contributed by atoms with Crippen LogP contribution in [0.4, 0.5) is 5.82 Å². The van der Waals surface area contributed by atoms with Gasteiger partial charge in [0.15, 0.2) is 0 Å². The molecule has 2 rings (SSSR count). The van der Waals surface area contributed by atoms with Crippen LogP contribution in [0.2, 0.25) is 5.02 Å². The van der Waals surface area contributed by atoms with E-state index in [-0.39, 0.29) is 0 Å². The molecule has 0 aliphatic carbocycles. The lowest BCUT2D eigenvalue weighted by Crippen LogP contribution is -2.29. The summed E-state index contributed by atoms with van der Waals surface area (Å²) in [5.74, 6) is 1.02. The Hall–Kier alpha value is -0.760. The van der Waals surface area contributed by atoms with Crippen LogP contribution in [0.5, 0.6) is 0 Å². The molecule has 0 unspecified atom stereocenters. The Balaban J connectivity index is 2.14. The summed E-state index contributed by atoms with van der Waals surface area (Å²) in [5, 5.41) is 0.774. The number of rotatable bonds is 1. The maximum absolute atomic E-state index is 5.90. The van der Waals surface area contributed by atoms with Gasteiger partial charge >= 0.3 is 0 Å². The van der Waals surface area contributed by atoms with Crippen LogP contribution in [-0.2, 0) is 0 Å². The predicted molar refractivity (Wildman–Crippen MR) is 55.3 cm³/mol. The molecule has 1 aromatic rings. The Morgan fingerprint density at radius 1 is 1.23 bits per heavy atom. The fraction of sp³-hybridized carbons (Fsp3) is 0.500. The number of hydrogen-bond acceptors (Lipinski definition) is 2. The highest BCUT2D eigenvalue weighted by Crippen LogP contribution is 2.19.